The zero-order chi connectivity index (χ0) is 17.1. The fourth-order valence-corrected chi connectivity index (χ4v) is 5.20. The normalized spacial score (nSPS) is 34.8. The quantitative estimate of drug-likeness (QED) is 0.865. The van der Waals surface area contributed by atoms with E-state index in [1.165, 1.54) is 5.56 Å². The summed E-state index contributed by atoms with van der Waals surface area (Å²) in [5, 5.41) is 21.5. The van der Waals surface area contributed by atoms with Crippen molar-refractivity contribution in [2.75, 3.05) is 27.8 Å². The molecule has 4 atom stereocenters. The molecule has 0 radical (unpaired) electrons. The van der Waals surface area contributed by atoms with E-state index < -0.39 is 6.10 Å². The minimum atomic E-state index is -0.633. The second-order valence-corrected chi connectivity index (χ2v) is 7.33. The Morgan fingerprint density at radius 2 is 2.04 bits per heavy atom. The van der Waals surface area contributed by atoms with E-state index in [1.807, 2.05) is 6.07 Å². The molecule has 2 aliphatic carbocycles. The van der Waals surface area contributed by atoms with Gasteiger partial charge >= 0.3 is 0 Å². The standard InChI is InChI=1S/C19H25NO4/c1-20-7-6-19-10-14(21)16(24-3)9-12(19)13(20)8-11-4-5-15(23-2)18(22)17(11)19/h4-5,9,12-14,21-22H,6-8,10H2,1-3H3/t12-,13-,14?,19+/m0/s1. The molecule has 2 bridgehead atoms. The second kappa shape index (κ2) is 5.39. The zero-order valence-electron chi connectivity index (χ0n) is 14.5. The number of methoxy groups -OCH3 is 2. The number of hydrogen-bond donors (Lipinski definition) is 2. The molecule has 1 aromatic rings. The molecule has 24 heavy (non-hydrogen) atoms. The summed E-state index contributed by atoms with van der Waals surface area (Å²) < 4.78 is 10.8. The van der Waals surface area contributed by atoms with Gasteiger partial charge in [-0.05, 0) is 50.6 Å². The number of ether oxygens (including phenoxy) is 2. The minimum Gasteiger partial charge on any atom is -0.504 e. The molecule has 1 fully saturated rings. The number of benzene rings is 1. The van der Waals surface area contributed by atoms with Crippen LogP contribution in [0.4, 0.5) is 0 Å². The second-order valence-electron chi connectivity index (χ2n) is 7.33. The Hall–Kier alpha value is -1.72. The van der Waals surface area contributed by atoms with E-state index in [4.69, 9.17) is 9.47 Å². The molecule has 5 heteroatoms. The predicted octanol–water partition coefficient (Wildman–Crippen LogP) is 1.81. The summed E-state index contributed by atoms with van der Waals surface area (Å²) in [5.41, 5.74) is 1.88. The number of rotatable bonds is 2. The fraction of sp³-hybridized carbons (Fsp3) is 0.579. The third-order valence-electron chi connectivity index (χ3n) is 6.37. The third kappa shape index (κ3) is 1.94. The van der Waals surface area contributed by atoms with E-state index in [0.717, 1.165) is 24.9 Å². The summed E-state index contributed by atoms with van der Waals surface area (Å²) in [4.78, 5) is 2.40. The Kier molecular flexibility index (Phi) is 3.55. The van der Waals surface area contributed by atoms with Gasteiger partial charge in [0.25, 0.3) is 0 Å². The van der Waals surface area contributed by atoms with E-state index in [-0.39, 0.29) is 17.1 Å². The molecule has 4 rings (SSSR count). The largest absolute Gasteiger partial charge is 0.504 e. The first-order valence-corrected chi connectivity index (χ1v) is 8.55. The first-order chi connectivity index (χ1) is 11.5. The van der Waals surface area contributed by atoms with Crippen LogP contribution in [-0.2, 0) is 16.6 Å². The van der Waals surface area contributed by atoms with E-state index >= 15 is 0 Å². The summed E-state index contributed by atoms with van der Waals surface area (Å²) in [5.74, 6) is 1.63. The molecule has 0 amide bonds. The molecule has 1 saturated heterocycles. The third-order valence-corrected chi connectivity index (χ3v) is 6.37. The van der Waals surface area contributed by atoms with Crippen LogP contribution < -0.4 is 4.74 Å². The smallest absolute Gasteiger partial charge is 0.161 e. The van der Waals surface area contributed by atoms with E-state index in [0.29, 0.717) is 24.0 Å². The highest BCUT2D eigenvalue weighted by Crippen LogP contribution is 2.58. The van der Waals surface area contributed by atoms with Gasteiger partial charge in [0.15, 0.2) is 11.5 Å². The van der Waals surface area contributed by atoms with Crippen molar-refractivity contribution >= 4 is 0 Å². The molecule has 1 unspecified atom stereocenters. The number of phenols is 1. The maximum absolute atomic E-state index is 10.9. The van der Waals surface area contributed by atoms with Crippen molar-refractivity contribution < 1.29 is 19.7 Å². The van der Waals surface area contributed by atoms with Gasteiger partial charge in [-0.3, -0.25) is 0 Å². The van der Waals surface area contributed by atoms with Crippen LogP contribution in [0.3, 0.4) is 0 Å². The number of phenolic OH excluding ortho intramolecular Hbond substituents is 1. The topological polar surface area (TPSA) is 62.2 Å². The lowest BCUT2D eigenvalue weighted by atomic mass is 9.53. The van der Waals surface area contributed by atoms with Crippen LogP contribution >= 0.6 is 0 Å². The first kappa shape index (κ1) is 15.8. The average molecular weight is 331 g/mol. The van der Waals surface area contributed by atoms with Crippen molar-refractivity contribution in [2.45, 2.75) is 36.8 Å². The number of likely N-dealkylation sites (N-methyl/N-ethyl adjacent to an activating group) is 1. The number of aromatic hydroxyl groups is 1. The Labute approximate surface area is 142 Å². The van der Waals surface area contributed by atoms with Gasteiger partial charge in [-0.1, -0.05) is 6.07 Å². The van der Waals surface area contributed by atoms with Crippen molar-refractivity contribution in [1.82, 2.24) is 4.90 Å². The summed E-state index contributed by atoms with van der Waals surface area (Å²) in [6.45, 7) is 0.958. The molecule has 3 aliphatic rings. The van der Waals surface area contributed by atoms with Crippen molar-refractivity contribution in [2.24, 2.45) is 5.92 Å². The molecule has 2 N–H and O–H groups in total. The number of piperidine rings is 1. The lowest BCUT2D eigenvalue weighted by Crippen LogP contribution is -2.60. The Morgan fingerprint density at radius 3 is 2.75 bits per heavy atom. The number of nitrogens with zero attached hydrogens (tertiary/aromatic N) is 1. The molecule has 0 saturated carbocycles. The predicted molar refractivity (Wildman–Crippen MR) is 90.3 cm³/mol. The van der Waals surface area contributed by atoms with Crippen molar-refractivity contribution in [1.29, 1.82) is 0 Å². The van der Waals surface area contributed by atoms with Gasteiger partial charge < -0.3 is 24.6 Å². The van der Waals surface area contributed by atoms with Crippen molar-refractivity contribution in [3.8, 4) is 11.5 Å². The lowest BCUT2D eigenvalue weighted by Gasteiger charge is -2.57. The van der Waals surface area contributed by atoms with Crippen LogP contribution in [-0.4, -0.2) is 55.1 Å². The SMILES string of the molecule is COC1=C[C@H]2[C@@H]3Cc4ccc(OC)c(O)c4[C@]2(CCN3C)CC1O. The molecule has 130 valence electrons. The summed E-state index contributed by atoms with van der Waals surface area (Å²) in [6, 6.07) is 4.27. The van der Waals surface area contributed by atoms with E-state index in [1.54, 1.807) is 14.2 Å². The van der Waals surface area contributed by atoms with Gasteiger partial charge in [0.2, 0.25) is 0 Å². The van der Waals surface area contributed by atoms with Gasteiger partial charge in [0.05, 0.1) is 14.2 Å². The maximum atomic E-state index is 10.9. The molecular formula is C19H25NO4. The van der Waals surface area contributed by atoms with Crippen LogP contribution in [0.1, 0.15) is 24.0 Å². The van der Waals surface area contributed by atoms with Gasteiger partial charge in [0.1, 0.15) is 11.9 Å². The zero-order valence-corrected chi connectivity index (χ0v) is 14.5. The maximum Gasteiger partial charge on any atom is 0.161 e. The molecule has 1 aromatic carbocycles. The number of fused-ring (bicyclic) bond motifs is 1. The molecule has 5 nitrogen and oxygen atoms in total. The van der Waals surface area contributed by atoms with E-state index in [2.05, 4.69) is 24.1 Å². The average Bonchev–Trinajstić information content (AvgIpc) is 2.57. The van der Waals surface area contributed by atoms with Crippen molar-refractivity contribution in [3.05, 3.63) is 35.1 Å². The highest BCUT2D eigenvalue weighted by molar-refractivity contribution is 5.57. The number of hydrogen-bond acceptors (Lipinski definition) is 5. The van der Waals surface area contributed by atoms with Gasteiger partial charge in [0, 0.05) is 22.9 Å². The fourth-order valence-electron chi connectivity index (χ4n) is 5.20. The number of likely N-dealkylation sites (tertiary alicyclic amines) is 1. The molecule has 0 spiro atoms. The summed E-state index contributed by atoms with van der Waals surface area (Å²) in [7, 11) is 5.35. The molecule has 1 aliphatic heterocycles. The van der Waals surface area contributed by atoms with Gasteiger partial charge in [-0.2, -0.15) is 0 Å². The summed E-state index contributed by atoms with van der Waals surface area (Å²) in [6.07, 6.45) is 3.83. The van der Waals surface area contributed by atoms with Gasteiger partial charge in [-0.25, -0.2) is 0 Å². The van der Waals surface area contributed by atoms with Crippen LogP contribution in [0.25, 0.3) is 0 Å². The van der Waals surface area contributed by atoms with Crippen LogP contribution in [0, 0.1) is 5.92 Å². The van der Waals surface area contributed by atoms with Crippen LogP contribution in [0.5, 0.6) is 11.5 Å². The Balaban J connectivity index is 1.95. The van der Waals surface area contributed by atoms with Crippen LogP contribution in [0.15, 0.2) is 24.0 Å². The van der Waals surface area contributed by atoms with Gasteiger partial charge in [-0.15, -0.1) is 0 Å². The summed E-state index contributed by atoms with van der Waals surface area (Å²) >= 11 is 0. The Morgan fingerprint density at radius 1 is 1.25 bits per heavy atom. The first-order valence-electron chi connectivity index (χ1n) is 8.55. The number of aliphatic hydroxyl groups is 1. The molecular weight excluding hydrogens is 306 g/mol. The lowest BCUT2D eigenvalue weighted by molar-refractivity contribution is -0.00381. The molecule has 1 heterocycles. The highest BCUT2D eigenvalue weighted by Gasteiger charge is 2.56. The number of aliphatic hydroxyl groups excluding tert-OH is 1. The van der Waals surface area contributed by atoms with E-state index in [9.17, 15) is 10.2 Å². The molecule has 0 aromatic heterocycles. The highest BCUT2D eigenvalue weighted by atomic mass is 16.5. The monoisotopic (exact) mass is 331 g/mol. The van der Waals surface area contributed by atoms with Crippen molar-refractivity contribution in [3.63, 3.8) is 0 Å². The van der Waals surface area contributed by atoms with Crippen LogP contribution in [0.2, 0.25) is 0 Å². The Bertz CT molecular complexity index is 701. The minimum absolute atomic E-state index is 0.222.